The van der Waals surface area contributed by atoms with Crippen LogP contribution in [0.1, 0.15) is 18.1 Å². The Kier molecular flexibility index (Phi) is 6.99. The summed E-state index contributed by atoms with van der Waals surface area (Å²) in [7, 11) is 0. The number of anilines is 1. The molecular weight excluding hydrogens is 435 g/mol. The number of para-hydroxylation sites is 1. The molecule has 0 saturated heterocycles. The highest BCUT2D eigenvalue weighted by atomic mass is 127. The van der Waals surface area contributed by atoms with E-state index < -0.39 is 0 Å². The van der Waals surface area contributed by atoms with Gasteiger partial charge in [-0.2, -0.15) is 0 Å². The van der Waals surface area contributed by atoms with E-state index in [0.29, 0.717) is 5.75 Å². The number of benzene rings is 2. The van der Waals surface area contributed by atoms with Crippen LogP contribution in [0.5, 0.6) is 5.75 Å². The number of amides is 1. The van der Waals surface area contributed by atoms with Gasteiger partial charge >= 0.3 is 0 Å². The van der Waals surface area contributed by atoms with Gasteiger partial charge in [-0.15, -0.1) is 0 Å². The summed E-state index contributed by atoms with van der Waals surface area (Å²) >= 11 is 7.48. The predicted molar refractivity (Wildman–Crippen MR) is 110 cm³/mol. The van der Waals surface area contributed by atoms with Crippen LogP contribution in [0.25, 0.3) is 0 Å². The second kappa shape index (κ2) is 8.98. The lowest BCUT2D eigenvalue weighted by Crippen LogP contribution is -2.37. The molecule has 2 N–H and O–H groups in total. The zero-order valence-corrected chi connectivity index (χ0v) is 16.5. The van der Waals surface area contributed by atoms with Crippen LogP contribution in [-0.2, 0) is 11.2 Å². The van der Waals surface area contributed by atoms with E-state index >= 15 is 0 Å². The van der Waals surface area contributed by atoms with Crippen molar-refractivity contribution in [1.29, 1.82) is 0 Å². The summed E-state index contributed by atoms with van der Waals surface area (Å²) < 4.78 is 6.67. The molecule has 0 aliphatic heterocycles. The SMILES string of the molecule is CCc1cc(I)ccc1NC(=S)NC(=O)COc1ccccc1C. The Balaban J connectivity index is 1.88. The lowest BCUT2D eigenvalue weighted by molar-refractivity contribution is -0.121. The number of hydrogen-bond acceptors (Lipinski definition) is 3. The van der Waals surface area contributed by atoms with Crippen LogP contribution in [0.15, 0.2) is 42.5 Å². The largest absolute Gasteiger partial charge is 0.483 e. The molecular formula is C18H19IN2O2S. The molecule has 0 aliphatic rings. The summed E-state index contributed by atoms with van der Waals surface area (Å²) in [5.41, 5.74) is 3.04. The smallest absolute Gasteiger partial charge is 0.264 e. The van der Waals surface area contributed by atoms with Gasteiger partial charge in [0.2, 0.25) is 0 Å². The fourth-order valence-electron chi connectivity index (χ4n) is 2.15. The number of thiocarbonyl (C=S) groups is 1. The number of hydrogen-bond donors (Lipinski definition) is 2. The van der Waals surface area contributed by atoms with Crippen LogP contribution < -0.4 is 15.4 Å². The standard InChI is InChI=1S/C18H19IN2O2S/c1-3-13-10-14(19)8-9-15(13)20-18(24)21-17(22)11-23-16-7-5-4-6-12(16)2/h4-10H,3,11H2,1-2H3,(H2,20,21,22,24). The van der Waals surface area contributed by atoms with E-state index in [9.17, 15) is 4.79 Å². The van der Waals surface area contributed by atoms with Crippen LogP contribution in [-0.4, -0.2) is 17.6 Å². The molecule has 6 heteroatoms. The summed E-state index contributed by atoms with van der Waals surface area (Å²) in [5.74, 6) is 0.400. The lowest BCUT2D eigenvalue weighted by atomic mass is 10.1. The van der Waals surface area contributed by atoms with Crippen molar-refractivity contribution in [2.75, 3.05) is 11.9 Å². The maximum atomic E-state index is 12.0. The van der Waals surface area contributed by atoms with Crippen molar-refractivity contribution < 1.29 is 9.53 Å². The van der Waals surface area contributed by atoms with Crippen molar-refractivity contribution in [1.82, 2.24) is 5.32 Å². The molecule has 1 amide bonds. The highest BCUT2D eigenvalue weighted by molar-refractivity contribution is 14.1. The van der Waals surface area contributed by atoms with Gasteiger partial charge in [0.05, 0.1) is 0 Å². The van der Waals surface area contributed by atoms with E-state index in [1.807, 2.05) is 43.3 Å². The minimum absolute atomic E-state index is 0.0833. The van der Waals surface area contributed by atoms with Gasteiger partial charge in [0.1, 0.15) is 5.75 Å². The lowest BCUT2D eigenvalue weighted by Gasteiger charge is -2.14. The molecule has 0 saturated carbocycles. The molecule has 0 atom stereocenters. The Morgan fingerprint density at radius 3 is 2.71 bits per heavy atom. The van der Waals surface area contributed by atoms with Crippen LogP contribution >= 0.6 is 34.8 Å². The number of halogens is 1. The Labute approximate surface area is 161 Å². The number of carbonyl (C=O) groups excluding carboxylic acids is 1. The Bertz CT molecular complexity index is 750. The Morgan fingerprint density at radius 2 is 2.00 bits per heavy atom. The average Bonchev–Trinajstić information content (AvgIpc) is 2.55. The van der Waals surface area contributed by atoms with Gasteiger partial charge in [0.25, 0.3) is 5.91 Å². The van der Waals surface area contributed by atoms with Crippen molar-refractivity contribution in [3.8, 4) is 5.75 Å². The molecule has 2 aromatic carbocycles. The van der Waals surface area contributed by atoms with E-state index in [0.717, 1.165) is 26.8 Å². The first kappa shape index (κ1) is 18.7. The minimum atomic E-state index is -0.292. The first-order valence-corrected chi connectivity index (χ1v) is 9.06. The van der Waals surface area contributed by atoms with E-state index in [1.54, 1.807) is 0 Å². The van der Waals surface area contributed by atoms with Gasteiger partial charge in [-0.05, 0) is 83.5 Å². The molecule has 2 aromatic rings. The van der Waals surface area contributed by atoms with Gasteiger partial charge in [-0.3, -0.25) is 10.1 Å². The zero-order chi connectivity index (χ0) is 17.5. The number of nitrogens with one attached hydrogen (secondary N) is 2. The second-order valence-electron chi connectivity index (χ2n) is 5.21. The summed E-state index contributed by atoms with van der Waals surface area (Å²) in [6, 6.07) is 13.6. The number of rotatable bonds is 5. The molecule has 0 unspecified atom stereocenters. The maximum Gasteiger partial charge on any atom is 0.264 e. The molecule has 0 aromatic heterocycles. The van der Waals surface area contributed by atoms with Crippen molar-refractivity contribution in [3.63, 3.8) is 0 Å². The third kappa shape index (κ3) is 5.45. The van der Waals surface area contributed by atoms with Crippen molar-refractivity contribution >= 4 is 51.5 Å². The molecule has 0 aliphatic carbocycles. The van der Waals surface area contributed by atoms with Crippen molar-refractivity contribution in [3.05, 3.63) is 57.2 Å². The van der Waals surface area contributed by atoms with Crippen LogP contribution in [0.2, 0.25) is 0 Å². The van der Waals surface area contributed by atoms with E-state index in [1.165, 1.54) is 0 Å². The third-order valence-electron chi connectivity index (χ3n) is 3.40. The predicted octanol–water partition coefficient (Wildman–Crippen LogP) is 4.05. The van der Waals surface area contributed by atoms with Crippen LogP contribution in [0, 0.1) is 10.5 Å². The first-order chi connectivity index (χ1) is 11.5. The molecule has 0 spiro atoms. The highest BCUT2D eigenvalue weighted by Crippen LogP contribution is 2.19. The van der Waals surface area contributed by atoms with Gasteiger partial charge in [0, 0.05) is 9.26 Å². The van der Waals surface area contributed by atoms with Crippen LogP contribution in [0.4, 0.5) is 5.69 Å². The molecule has 4 nitrogen and oxygen atoms in total. The second-order valence-corrected chi connectivity index (χ2v) is 6.87. The molecule has 24 heavy (non-hydrogen) atoms. The zero-order valence-electron chi connectivity index (χ0n) is 13.6. The third-order valence-corrected chi connectivity index (χ3v) is 4.28. The van der Waals surface area contributed by atoms with Gasteiger partial charge in [0.15, 0.2) is 11.7 Å². The fourth-order valence-corrected chi connectivity index (χ4v) is 2.93. The fraction of sp³-hybridized carbons (Fsp3) is 0.222. The number of carbonyl (C=O) groups is 1. The first-order valence-electron chi connectivity index (χ1n) is 7.57. The van der Waals surface area contributed by atoms with E-state index in [2.05, 4.69) is 46.2 Å². The molecule has 0 heterocycles. The Morgan fingerprint density at radius 1 is 1.25 bits per heavy atom. The minimum Gasteiger partial charge on any atom is -0.483 e. The highest BCUT2D eigenvalue weighted by Gasteiger charge is 2.09. The average molecular weight is 454 g/mol. The molecule has 2 rings (SSSR count). The number of ether oxygens (including phenoxy) is 1. The Hall–Kier alpha value is -1.67. The van der Waals surface area contributed by atoms with Gasteiger partial charge in [-0.25, -0.2) is 0 Å². The summed E-state index contributed by atoms with van der Waals surface area (Å²) in [6.07, 6.45) is 0.881. The van der Waals surface area contributed by atoms with E-state index in [4.69, 9.17) is 17.0 Å². The molecule has 126 valence electrons. The maximum absolute atomic E-state index is 12.0. The number of aryl methyl sites for hydroxylation is 2. The van der Waals surface area contributed by atoms with Crippen molar-refractivity contribution in [2.45, 2.75) is 20.3 Å². The monoisotopic (exact) mass is 454 g/mol. The van der Waals surface area contributed by atoms with Gasteiger partial charge in [-0.1, -0.05) is 25.1 Å². The molecule has 0 radical (unpaired) electrons. The molecule has 0 bridgehead atoms. The van der Waals surface area contributed by atoms with E-state index in [-0.39, 0.29) is 17.6 Å². The van der Waals surface area contributed by atoms with Gasteiger partial charge < -0.3 is 10.1 Å². The summed E-state index contributed by atoms with van der Waals surface area (Å²) in [5, 5.41) is 5.98. The summed E-state index contributed by atoms with van der Waals surface area (Å²) in [6.45, 7) is 3.93. The summed E-state index contributed by atoms with van der Waals surface area (Å²) in [4.78, 5) is 12.0. The van der Waals surface area contributed by atoms with Crippen LogP contribution in [0.3, 0.4) is 0 Å². The molecule has 0 fully saturated rings. The topological polar surface area (TPSA) is 50.4 Å². The van der Waals surface area contributed by atoms with Crippen molar-refractivity contribution in [2.24, 2.45) is 0 Å². The normalized spacial score (nSPS) is 10.1. The quantitative estimate of drug-likeness (QED) is 0.529.